The molecule has 0 saturated carbocycles. The first-order valence-electron chi connectivity index (χ1n) is 10.3. The lowest BCUT2D eigenvalue weighted by Gasteiger charge is -2.15. The molecule has 1 aromatic heterocycles. The van der Waals surface area contributed by atoms with Crippen molar-refractivity contribution in [3.8, 4) is 17.1 Å². The highest BCUT2D eigenvalue weighted by molar-refractivity contribution is 7.99. The molecule has 0 saturated heterocycles. The van der Waals surface area contributed by atoms with Crippen molar-refractivity contribution in [2.45, 2.75) is 44.4 Å². The van der Waals surface area contributed by atoms with E-state index in [1.54, 1.807) is 7.11 Å². The summed E-state index contributed by atoms with van der Waals surface area (Å²) in [6.45, 7) is 4.89. The molecule has 1 unspecified atom stereocenters. The number of hydrogen-bond acceptors (Lipinski definition) is 5. The Hall–Kier alpha value is -2.51. The third kappa shape index (κ3) is 6.24. The zero-order chi connectivity index (χ0) is 22.2. The quantitative estimate of drug-likeness (QED) is 0.413. The maximum Gasteiger partial charge on any atom is 0.230 e. The molecule has 0 radical (unpaired) electrons. The highest BCUT2D eigenvalue weighted by atomic mass is 35.5. The maximum absolute atomic E-state index is 12.5. The molecule has 2 aromatic carbocycles. The lowest BCUT2D eigenvalue weighted by atomic mass is 10.1. The fourth-order valence-corrected chi connectivity index (χ4v) is 4.11. The molecule has 0 aliphatic heterocycles. The first-order valence-corrected chi connectivity index (χ1v) is 11.6. The van der Waals surface area contributed by atoms with Gasteiger partial charge in [-0.25, -0.2) is 0 Å². The number of halogens is 1. The Morgan fingerprint density at radius 3 is 2.68 bits per heavy atom. The number of rotatable bonds is 10. The molecule has 31 heavy (non-hydrogen) atoms. The molecule has 164 valence electrons. The molecule has 0 aliphatic rings. The van der Waals surface area contributed by atoms with Gasteiger partial charge in [-0.15, -0.1) is 10.2 Å². The Morgan fingerprint density at radius 1 is 1.23 bits per heavy atom. The molecule has 3 rings (SSSR count). The Bertz CT molecular complexity index is 1010. The number of ether oxygens (including phenoxy) is 1. The molecule has 1 atom stereocenters. The molecule has 8 heteroatoms. The number of thioether (sulfide) groups is 1. The van der Waals surface area contributed by atoms with Gasteiger partial charge < -0.3 is 14.6 Å². The van der Waals surface area contributed by atoms with E-state index in [4.69, 9.17) is 16.3 Å². The van der Waals surface area contributed by atoms with Crippen molar-refractivity contribution < 1.29 is 9.53 Å². The van der Waals surface area contributed by atoms with Gasteiger partial charge in [0.15, 0.2) is 11.0 Å². The summed E-state index contributed by atoms with van der Waals surface area (Å²) in [4.78, 5) is 12.5. The Labute approximate surface area is 192 Å². The van der Waals surface area contributed by atoms with Crippen LogP contribution in [-0.4, -0.2) is 33.5 Å². The zero-order valence-corrected chi connectivity index (χ0v) is 19.5. The minimum atomic E-state index is -0.125. The van der Waals surface area contributed by atoms with E-state index in [-0.39, 0.29) is 17.7 Å². The van der Waals surface area contributed by atoms with Crippen LogP contribution in [0, 0.1) is 0 Å². The Morgan fingerprint density at radius 2 is 2.00 bits per heavy atom. The van der Waals surface area contributed by atoms with E-state index in [1.165, 1.54) is 11.8 Å². The summed E-state index contributed by atoms with van der Waals surface area (Å²) in [5.74, 6) is 1.79. The summed E-state index contributed by atoms with van der Waals surface area (Å²) in [5.41, 5.74) is 1.94. The van der Waals surface area contributed by atoms with Gasteiger partial charge in [-0.05, 0) is 55.3 Å². The summed E-state index contributed by atoms with van der Waals surface area (Å²) in [6, 6.07) is 15.1. The van der Waals surface area contributed by atoms with Gasteiger partial charge in [0.2, 0.25) is 5.91 Å². The predicted molar refractivity (Wildman–Crippen MR) is 126 cm³/mol. The van der Waals surface area contributed by atoms with Crippen molar-refractivity contribution in [1.29, 1.82) is 0 Å². The molecular formula is C23H27ClN4O2S. The van der Waals surface area contributed by atoms with Crippen LogP contribution in [0.2, 0.25) is 5.02 Å². The molecule has 1 heterocycles. The first kappa shape index (κ1) is 23.2. The van der Waals surface area contributed by atoms with Gasteiger partial charge in [0.05, 0.1) is 18.9 Å². The SMILES string of the molecule is CCCCn1c(SCC(=O)NC(C)c2cccc(Cl)c2)nnc1-c1ccc(OC)cc1. The molecule has 0 fully saturated rings. The summed E-state index contributed by atoms with van der Waals surface area (Å²) in [5, 5.41) is 13.2. The van der Waals surface area contributed by atoms with Crippen LogP contribution < -0.4 is 10.1 Å². The maximum atomic E-state index is 12.5. The average Bonchev–Trinajstić information content (AvgIpc) is 3.19. The smallest absolute Gasteiger partial charge is 0.230 e. The van der Waals surface area contributed by atoms with E-state index >= 15 is 0 Å². The fourth-order valence-electron chi connectivity index (χ4n) is 3.14. The molecule has 1 N–H and O–H groups in total. The minimum Gasteiger partial charge on any atom is -0.497 e. The molecule has 0 bridgehead atoms. The molecular weight excluding hydrogens is 432 g/mol. The largest absolute Gasteiger partial charge is 0.497 e. The number of amides is 1. The van der Waals surface area contributed by atoms with Crippen LogP contribution in [0.4, 0.5) is 0 Å². The van der Waals surface area contributed by atoms with Gasteiger partial charge in [-0.1, -0.05) is 48.8 Å². The van der Waals surface area contributed by atoms with Crippen LogP contribution in [0.3, 0.4) is 0 Å². The number of nitrogens with one attached hydrogen (secondary N) is 1. The summed E-state index contributed by atoms with van der Waals surface area (Å²) in [7, 11) is 1.64. The molecule has 3 aromatic rings. The minimum absolute atomic E-state index is 0.0616. The second-order valence-corrected chi connectivity index (χ2v) is 8.55. The predicted octanol–water partition coefficient (Wildman–Crippen LogP) is 5.38. The standard InChI is InChI=1S/C23H27ClN4O2S/c1-4-5-13-28-22(17-9-11-20(30-3)12-10-17)26-27-23(28)31-15-21(29)25-16(2)18-7-6-8-19(24)14-18/h6-12,14,16H,4-5,13,15H2,1-3H3,(H,25,29). The molecule has 0 aliphatic carbocycles. The topological polar surface area (TPSA) is 69.0 Å². The van der Waals surface area contributed by atoms with Gasteiger partial charge >= 0.3 is 0 Å². The summed E-state index contributed by atoms with van der Waals surface area (Å²) in [6.07, 6.45) is 2.06. The van der Waals surface area contributed by atoms with Crippen molar-refractivity contribution >= 4 is 29.3 Å². The van der Waals surface area contributed by atoms with E-state index in [0.717, 1.165) is 47.2 Å². The van der Waals surface area contributed by atoms with E-state index in [9.17, 15) is 4.79 Å². The second kappa shape index (κ2) is 11.2. The summed E-state index contributed by atoms with van der Waals surface area (Å²) >= 11 is 7.45. The zero-order valence-electron chi connectivity index (χ0n) is 18.0. The van der Waals surface area contributed by atoms with Gasteiger partial charge in [-0.3, -0.25) is 4.79 Å². The third-order valence-corrected chi connectivity index (χ3v) is 6.06. The fraction of sp³-hybridized carbons (Fsp3) is 0.348. The highest BCUT2D eigenvalue weighted by Crippen LogP contribution is 2.26. The van der Waals surface area contributed by atoms with Crippen molar-refractivity contribution in [2.24, 2.45) is 0 Å². The molecule has 1 amide bonds. The second-order valence-electron chi connectivity index (χ2n) is 7.17. The van der Waals surface area contributed by atoms with Gasteiger partial charge in [0, 0.05) is 17.1 Å². The van der Waals surface area contributed by atoms with E-state index in [0.29, 0.717) is 5.02 Å². The number of aromatic nitrogens is 3. The lowest BCUT2D eigenvalue weighted by molar-refractivity contribution is -0.119. The normalized spacial score (nSPS) is 11.9. The monoisotopic (exact) mass is 458 g/mol. The number of benzene rings is 2. The summed E-state index contributed by atoms with van der Waals surface area (Å²) < 4.78 is 7.33. The van der Waals surface area contributed by atoms with Gasteiger partial charge in [-0.2, -0.15) is 0 Å². The number of nitrogens with zero attached hydrogens (tertiary/aromatic N) is 3. The van der Waals surface area contributed by atoms with Crippen molar-refractivity contribution in [2.75, 3.05) is 12.9 Å². The molecule has 0 spiro atoms. The number of carbonyl (C=O) groups is 1. The third-order valence-electron chi connectivity index (χ3n) is 4.86. The number of hydrogen-bond donors (Lipinski definition) is 1. The number of methoxy groups -OCH3 is 1. The highest BCUT2D eigenvalue weighted by Gasteiger charge is 2.17. The van der Waals surface area contributed by atoms with Crippen LogP contribution in [0.5, 0.6) is 5.75 Å². The van der Waals surface area contributed by atoms with Crippen LogP contribution in [0.15, 0.2) is 53.7 Å². The van der Waals surface area contributed by atoms with Crippen LogP contribution >= 0.6 is 23.4 Å². The average molecular weight is 459 g/mol. The van der Waals surface area contributed by atoms with Crippen molar-refractivity contribution in [1.82, 2.24) is 20.1 Å². The Kier molecular flexibility index (Phi) is 8.37. The molecule has 6 nitrogen and oxygen atoms in total. The van der Waals surface area contributed by atoms with Crippen LogP contribution in [0.1, 0.15) is 38.3 Å². The van der Waals surface area contributed by atoms with E-state index in [1.807, 2.05) is 55.5 Å². The van der Waals surface area contributed by atoms with E-state index in [2.05, 4.69) is 27.0 Å². The van der Waals surface area contributed by atoms with Crippen LogP contribution in [-0.2, 0) is 11.3 Å². The van der Waals surface area contributed by atoms with Crippen molar-refractivity contribution in [3.63, 3.8) is 0 Å². The van der Waals surface area contributed by atoms with Crippen molar-refractivity contribution in [3.05, 3.63) is 59.1 Å². The Balaban J connectivity index is 1.68. The number of carbonyl (C=O) groups excluding carboxylic acids is 1. The van der Waals surface area contributed by atoms with E-state index < -0.39 is 0 Å². The number of unbranched alkanes of at least 4 members (excludes halogenated alkanes) is 1. The van der Waals surface area contributed by atoms with Crippen LogP contribution in [0.25, 0.3) is 11.4 Å². The lowest BCUT2D eigenvalue weighted by Crippen LogP contribution is -2.28. The van der Waals surface area contributed by atoms with Gasteiger partial charge in [0.25, 0.3) is 0 Å². The first-order chi connectivity index (χ1) is 15.0. The van der Waals surface area contributed by atoms with Gasteiger partial charge in [0.1, 0.15) is 5.75 Å².